The molecule has 3 aromatic rings. The van der Waals surface area contributed by atoms with E-state index in [1.54, 1.807) is 0 Å². The Morgan fingerprint density at radius 1 is 0.947 bits per heavy atom. The summed E-state index contributed by atoms with van der Waals surface area (Å²) in [6.07, 6.45) is -0.615. The number of rotatable bonds is 10. The molecule has 1 atom stereocenters. The number of fused-ring (bicyclic) bond motifs is 3. The highest BCUT2D eigenvalue weighted by atomic mass is 16.5. The van der Waals surface area contributed by atoms with Crippen LogP contribution in [-0.4, -0.2) is 74.2 Å². The smallest absolute Gasteiger partial charge is 0.407 e. The number of carboxylic acid groups (broad SMARTS) is 1. The standard InChI is InChI=1S/C30H32N2O6/c33-29(34)28(19-21-9-11-22(12-10-21)37-18-15-32-13-16-36-17-14-32)31-30(35)38-20-27-25-7-3-1-5-23(25)24-6-2-4-8-26(24)27/h1-12,27-28H,13-20H2,(H,31,35)(H,33,34)/t28-/m1/s1. The average molecular weight is 517 g/mol. The molecule has 1 fully saturated rings. The number of hydrogen-bond acceptors (Lipinski definition) is 6. The molecule has 1 aliphatic heterocycles. The SMILES string of the molecule is O=C(N[C@H](Cc1ccc(OCCN2CCOCC2)cc1)C(=O)O)OCC1c2ccccc2-c2ccccc21. The zero-order valence-electron chi connectivity index (χ0n) is 21.2. The fourth-order valence-electron chi connectivity index (χ4n) is 5.06. The van der Waals surface area contributed by atoms with E-state index < -0.39 is 18.1 Å². The minimum Gasteiger partial charge on any atom is -0.492 e. The first-order chi connectivity index (χ1) is 18.6. The Morgan fingerprint density at radius 2 is 1.58 bits per heavy atom. The molecule has 0 spiro atoms. The quantitative estimate of drug-likeness (QED) is 0.421. The summed E-state index contributed by atoms with van der Waals surface area (Å²) >= 11 is 0. The van der Waals surface area contributed by atoms with Crippen molar-refractivity contribution in [2.45, 2.75) is 18.4 Å². The van der Waals surface area contributed by atoms with Gasteiger partial charge in [0.15, 0.2) is 0 Å². The van der Waals surface area contributed by atoms with Gasteiger partial charge in [-0.25, -0.2) is 9.59 Å². The molecule has 0 saturated carbocycles. The summed E-state index contributed by atoms with van der Waals surface area (Å²) in [6, 6.07) is 22.3. The summed E-state index contributed by atoms with van der Waals surface area (Å²) in [5, 5.41) is 12.2. The summed E-state index contributed by atoms with van der Waals surface area (Å²) in [5.41, 5.74) is 5.24. The van der Waals surface area contributed by atoms with Crippen LogP contribution in [0.15, 0.2) is 72.8 Å². The fraction of sp³-hybridized carbons (Fsp3) is 0.333. The molecule has 3 aromatic carbocycles. The van der Waals surface area contributed by atoms with Crippen molar-refractivity contribution < 1.29 is 28.9 Å². The van der Waals surface area contributed by atoms with E-state index in [1.807, 2.05) is 60.7 Å². The number of hydrogen-bond donors (Lipinski definition) is 2. The summed E-state index contributed by atoms with van der Waals surface area (Å²) in [4.78, 5) is 26.8. The molecule has 2 N–H and O–H groups in total. The summed E-state index contributed by atoms with van der Waals surface area (Å²) in [7, 11) is 0. The number of benzene rings is 3. The maximum absolute atomic E-state index is 12.6. The Labute approximate surface area is 222 Å². The minimum absolute atomic E-state index is 0.0905. The van der Waals surface area contributed by atoms with Crippen molar-refractivity contribution in [2.24, 2.45) is 0 Å². The Morgan fingerprint density at radius 3 is 2.21 bits per heavy atom. The van der Waals surface area contributed by atoms with Crippen molar-refractivity contribution in [1.82, 2.24) is 10.2 Å². The molecular formula is C30H32N2O6. The molecule has 1 heterocycles. The lowest BCUT2D eigenvalue weighted by Crippen LogP contribution is -2.42. The molecule has 0 unspecified atom stereocenters. The number of amides is 1. The second-order valence-electron chi connectivity index (χ2n) is 9.51. The molecule has 38 heavy (non-hydrogen) atoms. The van der Waals surface area contributed by atoms with Gasteiger partial charge in [-0.1, -0.05) is 60.7 Å². The van der Waals surface area contributed by atoms with Crippen LogP contribution < -0.4 is 10.1 Å². The number of nitrogens with one attached hydrogen (secondary N) is 1. The number of alkyl carbamates (subject to hydrolysis) is 1. The topological polar surface area (TPSA) is 97.3 Å². The van der Waals surface area contributed by atoms with Gasteiger partial charge in [0.1, 0.15) is 25.0 Å². The van der Waals surface area contributed by atoms with Crippen LogP contribution in [0.5, 0.6) is 5.75 Å². The van der Waals surface area contributed by atoms with Crippen LogP contribution in [0.2, 0.25) is 0 Å². The van der Waals surface area contributed by atoms with Crippen LogP contribution in [0, 0.1) is 0 Å². The van der Waals surface area contributed by atoms with Gasteiger partial charge in [0.25, 0.3) is 0 Å². The number of carboxylic acids is 1. The zero-order chi connectivity index (χ0) is 26.3. The van der Waals surface area contributed by atoms with Crippen LogP contribution in [0.3, 0.4) is 0 Å². The largest absolute Gasteiger partial charge is 0.492 e. The molecule has 0 aromatic heterocycles. The van der Waals surface area contributed by atoms with E-state index >= 15 is 0 Å². The Balaban J connectivity index is 1.12. The van der Waals surface area contributed by atoms with E-state index in [4.69, 9.17) is 14.2 Å². The molecule has 8 nitrogen and oxygen atoms in total. The number of nitrogens with zero attached hydrogens (tertiary/aromatic N) is 1. The van der Waals surface area contributed by atoms with Crippen molar-refractivity contribution in [1.29, 1.82) is 0 Å². The highest BCUT2D eigenvalue weighted by Gasteiger charge is 2.29. The molecule has 0 radical (unpaired) electrons. The number of carbonyl (C=O) groups is 2. The second kappa shape index (κ2) is 12.1. The van der Waals surface area contributed by atoms with Crippen molar-refractivity contribution in [3.8, 4) is 16.9 Å². The second-order valence-corrected chi connectivity index (χ2v) is 9.51. The highest BCUT2D eigenvalue weighted by molar-refractivity contribution is 5.81. The van der Waals surface area contributed by atoms with Crippen molar-refractivity contribution in [3.63, 3.8) is 0 Å². The van der Waals surface area contributed by atoms with E-state index in [9.17, 15) is 14.7 Å². The molecule has 5 rings (SSSR count). The van der Waals surface area contributed by atoms with Crippen molar-refractivity contribution in [2.75, 3.05) is 46.1 Å². The van der Waals surface area contributed by atoms with Gasteiger partial charge in [-0.3, -0.25) is 4.90 Å². The fourth-order valence-corrected chi connectivity index (χ4v) is 5.06. The molecule has 0 bridgehead atoms. The molecule has 8 heteroatoms. The maximum Gasteiger partial charge on any atom is 0.407 e. The van der Waals surface area contributed by atoms with E-state index in [0.29, 0.717) is 6.61 Å². The van der Waals surface area contributed by atoms with Crippen molar-refractivity contribution >= 4 is 12.1 Å². The molecular weight excluding hydrogens is 484 g/mol. The van der Waals surface area contributed by atoms with Crippen LogP contribution in [0.25, 0.3) is 11.1 Å². The first kappa shape index (κ1) is 25.8. The van der Waals surface area contributed by atoms with Gasteiger partial charge >= 0.3 is 12.1 Å². The lowest BCUT2D eigenvalue weighted by Gasteiger charge is -2.26. The third kappa shape index (κ3) is 6.15. The molecule has 1 amide bonds. The van der Waals surface area contributed by atoms with Crippen LogP contribution in [0.1, 0.15) is 22.6 Å². The predicted molar refractivity (Wildman–Crippen MR) is 143 cm³/mol. The van der Waals surface area contributed by atoms with E-state index in [1.165, 1.54) is 0 Å². The number of ether oxygens (including phenoxy) is 3. The van der Waals surface area contributed by atoms with Gasteiger partial charge in [0, 0.05) is 32.0 Å². The van der Waals surface area contributed by atoms with Crippen LogP contribution in [-0.2, 0) is 20.7 Å². The summed E-state index contributed by atoms with van der Waals surface area (Å²) < 4.78 is 16.7. The average Bonchev–Trinajstić information content (AvgIpc) is 3.26. The third-order valence-electron chi connectivity index (χ3n) is 7.08. The van der Waals surface area contributed by atoms with Crippen LogP contribution >= 0.6 is 0 Å². The van der Waals surface area contributed by atoms with Gasteiger partial charge in [-0.05, 0) is 39.9 Å². The van der Waals surface area contributed by atoms with E-state index in [-0.39, 0.29) is 18.9 Å². The van der Waals surface area contributed by atoms with Gasteiger partial charge < -0.3 is 24.6 Å². The van der Waals surface area contributed by atoms with Gasteiger partial charge in [-0.2, -0.15) is 0 Å². The molecule has 198 valence electrons. The number of aliphatic carboxylic acids is 1. The lowest BCUT2D eigenvalue weighted by molar-refractivity contribution is -0.139. The first-order valence-electron chi connectivity index (χ1n) is 12.9. The van der Waals surface area contributed by atoms with Gasteiger partial charge in [0.2, 0.25) is 0 Å². The van der Waals surface area contributed by atoms with Crippen molar-refractivity contribution in [3.05, 3.63) is 89.5 Å². The third-order valence-corrected chi connectivity index (χ3v) is 7.08. The van der Waals surface area contributed by atoms with Gasteiger partial charge in [0.05, 0.1) is 13.2 Å². The number of morpholine rings is 1. The monoisotopic (exact) mass is 516 g/mol. The first-order valence-corrected chi connectivity index (χ1v) is 12.9. The molecule has 1 saturated heterocycles. The normalized spacial score (nSPS) is 15.8. The highest BCUT2D eigenvalue weighted by Crippen LogP contribution is 2.44. The van der Waals surface area contributed by atoms with Gasteiger partial charge in [-0.15, -0.1) is 0 Å². The van der Waals surface area contributed by atoms with E-state index in [0.717, 1.165) is 66.4 Å². The summed E-state index contributed by atoms with van der Waals surface area (Å²) in [5.74, 6) is -0.491. The zero-order valence-corrected chi connectivity index (χ0v) is 21.2. The molecule has 1 aliphatic carbocycles. The maximum atomic E-state index is 12.6. The predicted octanol–water partition coefficient (Wildman–Crippen LogP) is 3.93. The minimum atomic E-state index is -1.12. The number of carbonyl (C=O) groups excluding carboxylic acids is 1. The molecule has 2 aliphatic rings. The van der Waals surface area contributed by atoms with Crippen LogP contribution in [0.4, 0.5) is 4.79 Å². The Kier molecular flexibility index (Phi) is 8.21. The Bertz CT molecular complexity index is 1210. The van der Waals surface area contributed by atoms with E-state index in [2.05, 4.69) is 22.3 Å². The lowest BCUT2D eigenvalue weighted by atomic mass is 9.98. The Hall–Kier alpha value is -3.88. The summed E-state index contributed by atoms with van der Waals surface area (Å²) in [6.45, 7) is 4.86.